The van der Waals surface area contributed by atoms with Crippen molar-refractivity contribution in [2.45, 2.75) is 51.5 Å². The second-order valence-corrected chi connectivity index (χ2v) is 8.36. The van der Waals surface area contributed by atoms with Crippen molar-refractivity contribution < 1.29 is 14.3 Å². The number of rotatable bonds is 5. The van der Waals surface area contributed by atoms with Crippen LogP contribution < -0.4 is 4.74 Å². The lowest BCUT2D eigenvalue weighted by Crippen LogP contribution is -2.42. The summed E-state index contributed by atoms with van der Waals surface area (Å²) in [4.78, 5) is 15.7. The summed E-state index contributed by atoms with van der Waals surface area (Å²) in [6, 6.07) is 9.49. The second-order valence-electron chi connectivity index (χ2n) is 8.36. The highest BCUT2D eigenvalue weighted by molar-refractivity contribution is 5.68. The number of hydrogen-bond acceptors (Lipinski definition) is 8. The van der Waals surface area contributed by atoms with Gasteiger partial charge in [0.05, 0.1) is 12.2 Å². The van der Waals surface area contributed by atoms with Gasteiger partial charge in [0.15, 0.2) is 0 Å². The van der Waals surface area contributed by atoms with E-state index in [0.717, 1.165) is 12.8 Å². The third-order valence-electron chi connectivity index (χ3n) is 4.82. The lowest BCUT2D eigenvalue weighted by molar-refractivity contribution is 0.0179. The standard InChI is InChI=1S/C20H26N8O3/c1-20(2,3)31-19(29)26-11-9-15(10-12-26)28-22-13-17(23-28)18(27-14-21-24-25-27)30-16-7-5-4-6-8-16/h4-8,13-15,18H,9-12H2,1-3H3. The van der Waals surface area contributed by atoms with E-state index in [2.05, 4.69) is 25.7 Å². The van der Waals surface area contributed by atoms with Crippen LogP contribution in [0, 0.1) is 0 Å². The van der Waals surface area contributed by atoms with E-state index in [1.165, 1.54) is 11.0 Å². The van der Waals surface area contributed by atoms with Crippen LogP contribution in [0.3, 0.4) is 0 Å². The normalized spacial score (nSPS) is 16.2. The van der Waals surface area contributed by atoms with Crippen molar-refractivity contribution in [2.24, 2.45) is 0 Å². The number of amides is 1. The quantitative estimate of drug-likeness (QED) is 0.611. The molecule has 2 aromatic heterocycles. The zero-order valence-electron chi connectivity index (χ0n) is 17.8. The maximum atomic E-state index is 12.3. The molecule has 1 atom stereocenters. The Morgan fingerprint density at radius 2 is 1.90 bits per heavy atom. The van der Waals surface area contributed by atoms with Gasteiger partial charge in [-0.2, -0.15) is 19.7 Å². The number of nitrogens with zero attached hydrogens (tertiary/aromatic N) is 8. The van der Waals surface area contributed by atoms with Crippen molar-refractivity contribution in [3.8, 4) is 5.75 Å². The molecule has 1 fully saturated rings. The van der Waals surface area contributed by atoms with Crippen molar-refractivity contribution in [3.63, 3.8) is 0 Å². The zero-order valence-corrected chi connectivity index (χ0v) is 17.8. The minimum Gasteiger partial charge on any atom is -0.463 e. The Kier molecular flexibility index (Phi) is 5.83. The van der Waals surface area contributed by atoms with E-state index in [-0.39, 0.29) is 12.1 Å². The van der Waals surface area contributed by atoms with E-state index < -0.39 is 11.8 Å². The molecule has 1 amide bonds. The molecule has 1 saturated heterocycles. The number of tetrazole rings is 1. The monoisotopic (exact) mass is 426 g/mol. The molecular weight excluding hydrogens is 400 g/mol. The maximum absolute atomic E-state index is 12.3. The maximum Gasteiger partial charge on any atom is 0.410 e. The topological polar surface area (TPSA) is 113 Å². The molecule has 3 aromatic rings. The molecule has 0 radical (unpaired) electrons. The molecular formula is C20H26N8O3. The smallest absolute Gasteiger partial charge is 0.410 e. The number of carbonyl (C=O) groups excluding carboxylic acids is 1. The first kappa shape index (κ1) is 20.8. The molecule has 0 aliphatic carbocycles. The molecule has 4 rings (SSSR count). The fourth-order valence-corrected chi connectivity index (χ4v) is 3.34. The number of benzene rings is 1. The van der Waals surface area contributed by atoms with Crippen molar-refractivity contribution in [3.05, 3.63) is 48.5 Å². The largest absolute Gasteiger partial charge is 0.463 e. The first-order valence-corrected chi connectivity index (χ1v) is 10.2. The molecule has 3 heterocycles. The first-order chi connectivity index (χ1) is 14.9. The Labute approximate surface area is 179 Å². The number of piperidine rings is 1. The van der Waals surface area contributed by atoms with Crippen LogP contribution in [0.25, 0.3) is 0 Å². The highest BCUT2D eigenvalue weighted by Crippen LogP contribution is 2.25. The average Bonchev–Trinajstić information content (AvgIpc) is 3.44. The molecule has 11 heteroatoms. The predicted molar refractivity (Wildman–Crippen MR) is 109 cm³/mol. The summed E-state index contributed by atoms with van der Waals surface area (Å²) in [5, 5.41) is 20.5. The van der Waals surface area contributed by atoms with E-state index in [4.69, 9.17) is 9.47 Å². The van der Waals surface area contributed by atoms with E-state index in [9.17, 15) is 4.79 Å². The summed E-state index contributed by atoms with van der Waals surface area (Å²) in [5.41, 5.74) is 0.0850. The van der Waals surface area contributed by atoms with Gasteiger partial charge in [0.1, 0.15) is 23.4 Å². The number of hydrogen-bond donors (Lipinski definition) is 0. The molecule has 164 valence electrons. The van der Waals surface area contributed by atoms with Crippen molar-refractivity contribution in [2.75, 3.05) is 13.1 Å². The Bertz CT molecular complexity index is 976. The Morgan fingerprint density at radius 1 is 1.16 bits per heavy atom. The Balaban J connectivity index is 1.44. The van der Waals surface area contributed by atoms with Gasteiger partial charge in [0.25, 0.3) is 0 Å². The van der Waals surface area contributed by atoms with Crippen LogP contribution in [0.4, 0.5) is 4.79 Å². The van der Waals surface area contributed by atoms with Crippen LogP contribution in [0.5, 0.6) is 5.75 Å². The Hall–Kier alpha value is -3.50. The summed E-state index contributed by atoms with van der Waals surface area (Å²) in [7, 11) is 0. The molecule has 1 unspecified atom stereocenters. The SMILES string of the molecule is CC(C)(C)OC(=O)N1CCC(n2ncc(C(Oc3ccccc3)n3cnnn3)n2)CC1. The molecule has 0 N–H and O–H groups in total. The fraction of sp³-hybridized carbons (Fsp3) is 0.500. The van der Waals surface area contributed by atoms with Gasteiger partial charge in [-0.25, -0.2) is 4.79 Å². The number of carbonyl (C=O) groups is 1. The third kappa shape index (κ3) is 5.16. The van der Waals surface area contributed by atoms with Gasteiger partial charge in [-0.15, -0.1) is 5.10 Å². The number of para-hydroxylation sites is 1. The van der Waals surface area contributed by atoms with Crippen molar-refractivity contribution in [1.29, 1.82) is 0 Å². The van der Waals surface area contributed by atoms with Crippen LogP contribution in [0.1, 0.15) is 51.6 Å². The number of ether oxygens (including phenoxy) is 2. The second kappa shape index (κ2) is 8.70. The Morgan fingerprint density at radius 3 is 2.55 bits per heavy atom. The fourth-order valence-electron chi connectivity index (χ4n) is 3.34. The van der Waals surface area contributed by atoms with E-state index in [0.29, 0.717) is 24.5 Å². The van der Waals surface area contributed by atoms with Gasteiger partial charge >= 0.3 is 6.09 Å². The van der Waals surface area contributed by atoms with E-state index >= 15 is 0 Å². The van der Waals surface area contributed by atoms with Crippen LogP contribution in [-0.2, 0) is 4.74 Å². The van der Waals surface area contributed by atoms with E-state index in [1.54, 1.807) is 15.9 Å². The average molecular weight is 426 g/mol. The minimum atomic E-state index is -0.645. The molecule has 31 heavy (non-hydrogen) atoms. The highest BCUT2D eigenvalue weighted by Gasteiger charge is 2.29. The van der Waals surface area contributed by atoms with Crippen molar-refractivity contribution in [1.82, 2.24) is 40.1 Å². The van der Waals surface area contributed by atoms with Gasteiger partial charge in [0, 0.05) is 13.1 Å². The molecule has 0 spiro atoms. The summed E-state index contributed by atoms with van der Waals surface area (Å²) in [6.07, 6.45) is 3.69. The number of aromatic nitrogens is 7. The van der Waals surface area contributed by atoms with Gasteiger partial charge in [-0.05, 0) is 56.2 Å². The van der Waals surface area contributed by atoms with E-state index in [1.807, 2.05) is 51.1 Å². The predicted octanol–water partition coefficient (Wildman–Crippen LogP) is 2.46. The van der Waals surface area contributed by atoms with Crippen LogP contribution in [0.2, 0.25) is 0 Å². The molecule has 1 aromatic carbocycles. The summed E-state index contributed by atoms with van der Waals surface area (Å²) in [6.45, 7) is 6.78. The zero-order chi connectivity index (χ0) is 21.8. The number of likely N-dealkylation sites (tertiary alicyclic amines) is 1. The van der Waals surface area contributed by atoms with Gasteiger partial charge in [-0.1, -0.05) is 18.2 Å². The lowest BCUT2D eigenvalue weighted by Gasteiger charge is -2.33. The van der Waals surface area contributed by atoms with Crippen LogP contribution >= 0.6 is 0 Å². The summed E-state index contributed by atoms with van der Waals surface area (Å²) in [5.74, 6) is 0.670. The van der Waals surface area contributed by atoms with Gasteiger partial charge < -0.3 is 14.4 Å². The molecule has 0 bridgehead atoms. The van der Waals surface area contributed by atoms with Gasteiger partial charge in [-0.3, -0.25) is 0 Å². The highest BCUT2D eigenvalue weighted by atomic mass is 16.6. The van der Waals surface area contributed by atoms with Crippen LogP contribution in [0.15, 0.2) is 42.9 Å². The molecule has 1 aliphatic heterocycles. The van der Waals surface area contributed by atoms with Gasteiger partial charge in [0.2, 0.25) is 6.23 Å². The third-order valence-corrected chi connectivity index (χ3v) is 4.82. The van der Waals surface area contributed by atoms with Crippen molar-refractivity contribution >= 4 is 6.09 Å². The molecule has 0 saturated carbocycles. The van der Waals surface area contributed by atoms with Crippen LogP contribution in [-0.4, -0.2) is 64.9 Å². The first-order valence-electron chi connectivity index (χ1n) is 10.2. The molecule has 11 nitrogen and oxygen atoms in total. The summed E-state index contributed by atoms with van der Waals surface area (Å²) < 4.78 is 13.0. The molecule has 1 aliphatic rings. The minimum absolute atomic E-state index is 0.0821. The summed E-state index contributed by atoms with van der Waals surface area (Å²) >= 11 is 0. The lowest BCUT2D eigenvalue weighted by atomic mass is 10.1.